The molecule has 0 saturated heterocycles. The zero-order valence-electron chi connectivity index (χ0n) is 39.0. The van der Waals surface area contributed by atoms with E-state index in [1.807, 2.05) is 12.1 Å². The molecule has 1 heterocycles. The van der Waals surface area contributed by atoms with Crippen molar-refractivity contribution in [3.05, 3.63) is 285 Å². The maximum atomic E-state index is 5.20. The average molecular weight is 906 g/mol. The molecule has 0 radical (unpaired) electrons. The molecule has 0 amide bonds. The number of hydrogen-bond acceptors (Lipinski definition) is 3. The van der Waals surface area contributed by atoms with Crippen LogP contribution >= 0.6 is 0 Å². The van der Waals surface area contributed by atoms with E-state index in [0.717, 1.165) is 56.3 Å². The van der Waals surface area contributed by atoms with Crippen molar-refractivity contribution >= 4 is 27.8 Å². The van der Waals surface area contributed by atoms with E-state index in [1.54, 1.807) is 0 Å². The Morgan fingerprint density at radius 2 is 0.521 bits per heavy atom. The van der Waals surface area contributed by atoms with Crippen LogP contribution in [0, 0.1) is 0 Å². The van der Waals surface area contributed by atoms with E-state index in [0.29, 0.717) is 5.82 Å². The number of rotatable bonds is 11. The van der Waals surface area contributed by atoms with Gasteiger partial charge in [0.1, 0.15) is 0 Å². The van der Waals surface area contributed by atoms with Crippen LogP contribution in [0.15, 0.2) is 285 Å². The number of aromatic nitrogens is 2. The third-order valence-electron chi connectivity index (χ3n) is 13.4. The van der Waals surface area contributed by atoms with Crippen LogP contribution in [0.4, 0.5) is 17.1 Å². The van der Waals surface area contributed by atoms with Gasteiger partial charge in [-0.05, 0) is 97.4 Å². The van der Waals surface area contributed by atoms with Crippen LogP contribution < -0.4 is 4.90 Å². The standard InChI is InChI=1S/C68H47N3/c1-4-13-48(14-5-1)51-23-25-54(26-24-51)56-39-43-62(44-40-56)71(67-22-12-20-58-19-10-11-21-64(58)67)63-45-41-57(42-46-63)55-31-37-61(38-32-55)68-69-65(59-33-27-52(28-34-59)49-15-6-2-7-16-49)47-66(70-68)60-35-29-53(30-36-60)50-17-8-3-9-18-50/h1-47H. The molecule has 12 aromatic rings. The van der Waals surface area contributed by atoms with Gasteiger partial charge in [0.2, 0.25) is 0 Å². The lowest BCUT2D eigenvalue weighted by atomic mass is 9.99. The highest BCUT2D eigenvalue weighted by molar-refractivity contribution is 5.99. The zero-order valence-corrected chi connectivity index (χ0v) is 39.0. The van der Waals surface area contributed by atoms with E-state index in [2.05, 4.69) is 278 Å². The molecule has 12 rings (SSSR count). The van der Waals surface area contributed by atoms with Gasteiger partial charge in [-0.2, -0.15) is 0 Å². The van der Waals surface area contributed by atoms with Crippen molar-refractivity contribution in [3.63, 3.8) is 0 Å². The SMILES string of the molecule is c1ccc(-c2ccc(-c3ccc(N(c4ccc(-c5ccc(-c6nc(-c7ccc(-c8ccccc8)cc7)cc(-c7ccc(-c8ccccc8)cc7)n6)cc5)cc4)c4cccc5ccccc45)cc3)cc2)cc1. The van der Waals surface area contributed by atoms with Crippen LogP contribution in [-0.4, -0.2) is 9.97 Å². The van der Waals surface area contributed by atoms with Gasteiger partial charge in [-0.15, -0.1) is 0 Å². The summed E-state index contributed by atoms with van der Waals surface area (Å²) in [6, 6.07) is 101. The molecule has 0 aliphatic heterocycles. The normalized spacial score (nSPS) is 11.1. The van der Waals surface area contributed by atoms with Crippen molar-refractivity contribution in [2.75, 3.05) is 4.90 Å². The summed E-state index contributed by atoms with van der Waals surface area (Å²) in [6.07, 6.45) is 0. The van der Waals surface area contributed by atoms with Crippen molar-refractivity contribution in [2.45, 2.75) is 0 Å². The minimum absolute atomic E-state index is 0.680. The van der Waals surface area contributed by atoms with E-state index in [1.165, 1.54) is 55.3 Å². The first kappa shape index (κ1) is 42.9. The lowest BCUT2D eigenvalue weighted by Crippen LogP contribution is -2.10. The first-order chi connectivity index (χ1) is 35.2. The summed E-state index contributed by atoms with van der Waals surface area (Å²) in [6.45, 7) is 0. The Balaban J connectivity index is 0.854. The topological polar surface area (TPSA) is 29.0 Å². The minimum Gasteiger partial charge on any atom is -0.310 e. The van der Waals surface area contributed by atoms with Gasteiger partial charge in [0.15, 0.2) is 5.82 Å². The van der Waals surface area contributed by atoms with E-state index < -0.39 is 0 Å². The second kappa shape index (κ2) is 19.3. The average Bonchev–Trinajstić information content (AvgIpc) is 3.46. The van der Waals surface area contributed by atoms with Crippen LogP contribution in [0.3, 0.4) is 0 Å². The van der Waals surface area contributed by atoms with Gasteiger partial charge in [0, 0.05) is 33.5 Å². The van der Waals surface area contributed by atoms with Gasteiger partial charge in [-0.25, -0.2) is 9.97 Å². The predicted octanol–water partition coefficient (Wildman–Crippen LogP) is 18.4. The summed E-state index contributed by atoms with van der Waals surface area (Å²) in [4.78, 5) is 12.8. The number of anilines is 3. The molecule has 1 aromatic heterocycles. The van der Waals surface area contributed by atoms with E-state index in [9.17, 15) is 0 Å². The molecular formula is C68H47N3. The number of hydrogen-bond donors (Lipinski definition) is 0. The van der Waals surface area contributed by atoms with Gasteiger partial charge in [-0.1, -0.05) is 249 Å². The van der Waals surface area contributed by atoms with Crippen molar-refractivity contribution in [1.82, 2.24) is 9.97 Å². The largest absolute Gasteiger partial charge is 0.310 e. The summed E-state index contributed by atoms with van der Waals surface area (Å²) in [5.41, 5.74) is 19.8. The molecule has 0 aliphatic rings. The lowest BCUT2D eigenvalue weighted by Gasteiger charge is -2.27. The maximum Gasteiger partial charge on any atom is 0.160 e. The van der Waals surface area contributed by atoms with Crippen LogP contribution in [0.2, 0.25) is 0 Å². The molecule has 0 bridgehead atoms. The third kappa shape index (κ3) is 9.04. The van der Waals surface area contributed by atoms with E-state index in [-0.39, 0.29) is 0 Å². The van der Waals surface area contributed by atoms with Gasteiger partial charge in [-0.3, -0.25) is 0 Å². The van der Waals surface area contributed by atoms with E-state index >= 15 is 0 Å². The van der Waals surface area contributed by atoms with Crippen molar-refractivity contribution in [2.24, 2.45) is 0 Å². The number of fused-ring (bicyclic) bond motifs is 1. The highest BCUT2D eigenvalue weighted by Gasteiger charge is 2.17. The molecule has 3 nitrogen and oxygen atoms in total. The fourth-order valence-electron chi connectivity index (χ4n) is 9.53. The maximum absolute atomic E-state index is 5.20. The lowest BCUT2D eigenvalue weighted by molar-refractivity contribution is 1.18. The Labute approximate surface area is 415 Å². The van der Waals surface area contributed by atoms with Crippen molar-refractivity contribution in [1.29, 1.82) is 0 Å². The molecule has 0 N–H and O–H groups in total. The monoisotopic (exact) mass is 905 g/mol. The van der Waals surface area contributed by atoms with Crippen molar-refractivity contribution < 1.29 is 0 Å². The van der Waals surface area contributed by atoms with Crippen LogP contribution in [0.25, 0.3) is 100 Å². The predicted molar refractivity (Wildman–Crippen MR) is 298 cm³/mol. The molecule has 0 unspecified atom stereocenters. The fourth-order valence-corrected chi connectivity index (χ4v) is 9.53. The van der Waals surface area contributed by atoms with E-state index in [4.69, 9.17) is 9.97 Å². The summed E-state index contributed by atoms with van der Waals surface area (Å²) in [5, 5.41) is 2.39. The van der Waals surface area contributed by atoms with Crippen LogP contribution in [-0.2, 0) is 0 Å². The molecule has 71 heavy (non-hydrogen) atoms. The summed E-state index contributed by atoms with van der Waals surface area (Å²) < 4.78 is 0. The highest BCUT2D eigenvalue weighted by atomic mass is 15.1. The summed E-state index contributed by atoms with van der Waals surface area (Å²) in [5.74, 6) is 0.680. The minimum atomic E-state index is 0.680. The zero-order chi connectivity index (χ0) is 47.3. The molecule has 0 spiro atoms. The summed E-state index contributed by atoms with van der Waals surface area (Å²) >= 11 is 0. The number of nitrogens with zero attached hydrogens (tertiary/aromatic N) is 3. The Morgan fingerprint density at radius 1 is 0.225 bits per heavy atom. The van der Waals surface area contributed by atoms with Crippen LogP contribution in [0.5, 0.6) is 0 Å². The van der Waals surface area contributed by atoms with Crippen LogP contribution in [0.1, 0.15) is 0 Å². The second-order valence-corrected chi connectivity index (χ2v) is 17.8. The number of benzene rings is 11. The quantitative estimate of drug-likeness (QED) is 0.129. The molecular weight excluding hydrogens is 859 g/mol. The Morgan fingerprint density at radius 3 is 0.915 bits per heavy atom. The molecule has 0 saturated carbocycles. The molecule has 11 aromatic carbocycles. The van der Waals surface area contributed by atoms with Gasteiger partial charge in [0.25, 0.3) is 0 Å². The molecule has 0 aliphatic carbocycles. The first-order valence-electron chi connectivity index (χ1n) is 24.1. The second-order valence-electron chi connectivity index (χ2n) is 17.8. The molecule has 3 heteroatoms. The molecule has 334 valence electrons. The Hall–Kier alpha value is -9.44. The summed E-state index contributed by atoms with van der Waals surface area (Å²) in [7, 11) is 0. The molecule has 0 atom stereocenters. The van der Waals surface area contributed by atoms with Gasteiger partial charge in [0.05, 0.1) is 17.1 Å². The first-order valence-corrected chi connectivity index (χ1v) is 24.1. The Bertz CT molecular complexity index is 3620. The Kier molecular flexibility index (Phi) is 11.6. The highest BCUT2D eigenvalue weighted by Crippen LogP contribution is 2.41. The smallest absolute Gasteiger partial charge is 0.160 e. The molecule has 0 fully saturated rings. The third-order valence-corrected chi connectivity index (χ3v) is 13.4. The van der Waals surface area contributed by atoms with Gasteiger partial charge >= 0.3 is 0 Å². The fraction of sp³-hybridized carbons (Fsp3) is 0. The van der Waals surface area contributed by atoms with Crippen molar-refractivity contribution in [3.8, 4) is 89.5 Å². The van der Waals surface area contributed by atoms with Gasteiger partial charge < -0.3 is 4.90 Å².